The molecule has 0 aromatic carbocycles. The van der Waals surface area contributed by atoms with Crippen molar-refractivity contribution < 1.29 is 10.0 Å². The lowest BCUT2D eigenvalue weighted by Gasteiger charge is -2.04. The summed E-state index contributed by atoms with van der Waals surface area (Å²) in [5.41, 5.74) is 6.17. The van der Waals surface area contributed by atoms with Crippen molar-refractivity contribution in [2.45, 2.75) is 6.42 Å². The predicted molar refractivity (Wildman–Crippen MR) is 84.8 cm³/mol. The van der Waals surface area contributed by atoms with E-state index in [9.17, 15) is 4.79 Å². The molecule has 0 atom stereocenters. The van der Waals surface area contributed by atoms with Gasteiger partial charge in [-0.2, -0.15) is 0 Å². The van der Waals surface area contributed by atoms with Crippen molar-refractivity contribution in [3.05, 3.63) is 50.4 Å². The van der Waals surface area contributed by atoms with Crippen LogP contribution >= 0.6 is 27.3 Å². The van der Waals surface area contributed by atoms with E-state index in [2.05, 4.69) is 31.4 Å². The van der Waals surface area contributed by atoms with Gasteiger partial charge in [0.05, 0.1) is 3.79 Å². The van der Waals surface area contributed by atoms with Crippen molar-refractivity contribution in [1.29, 1.82) is 0 Å². The first kappa shape index (κ1) is 15.5. The summed E-state index contributed by atoms with van der Waals surface area (Å²) >= 11 is 5.04. The van der Waals surface area contributed by atoms with Gasteiger partial charge in [-0.15, -0.1) is 11.3 Å². The summed E-state index contributed by atoms with van der Waals surface area (Å²) in [7, 11) is 0. The second-order valence-corrected chi connectivity index (χ2v) is 6.68. The number of carbonyl (C=O) groups is 1. The number of pyridine rings is 1. The third-order valence-corrected chi connectivity index (χ3v) is 4.37. The van der Waals surface area contributed by atoms with Gasteiger partial charge in [-0.1, -0.05) is 5.16 Å². The highest BCUT2D eigenvalue weighted by atomic mass is 79.9. The molecule has 0 unspecified atom stereocenters. The van der Waals surface area contributed by atoms with Gasteiger partial charge in [-0.3, -0.25) is 9.78 Å². The lowest BCUT2D eigenvalue weighted by atomic mass is 10.2. The number of hydrogen-bond donors (Lipinski definition) is 3. The van der Waals surface area contributed by atoms with Crippen molar-refractivity contribution >= 4 is 39.0 Å². The number of nitrogens with one attached hydrogen (secondary N) is 1. The molecule has 2 rings (SSSR count). The number of carbonyl (C=O) groups excluding carboxylic acids is 1. The lowest BCUT2D eigenvalue weighted by molar-refractivity contribution is 0.0949. The molecule has 110 valence electrons. The molecule has 8 heteroatoms. The Hall–Kier alpha value is -1.93. The molecular formula is C13H13BrN4O2S. The zero-order chi connectivity index (χ0) is 15.2. The number of amides is 1. The van der Waals surface area contributed by atoms with E-state index in [4.69, 9.17) is 10.9 Å². The summed E-state index contributed by atoms with van der Waals surface area (Å²) in [6.45, 7) is 0.537. The largest absolute Gasteiger partial charge is 0.409 e. The van der Waals surface area contributed by atoms with Crippen LogP contribution in [0.1, 0.15) is 20.9 Å². The number of aromatic nitrogens is 1. The Bertz CT molecular complexity index is 654. The summed E-state index contributed by atoms with van der Waals surface area (Å²) in [5.74, 6) is -0.297. The first-order valence-electron chi connectivity index (χ1n) is 6.06. The van der Waals surface area contributed by atoms with E-state index < -0.39 is 0 Å². The molecule has 0 saturated heterocycles. The molecule has 1 amide bonds. The summed E-state index contributed by atoms with van der Waals surface area (Å²) < 4.78 is 1.07. The topological polar surface area (TPSA) is 101 Å². The third kappa shape index (κ3) is 4.27. The monoisotopic (exact) mass is 368 g/mol. The Morgan fingerprint density at radius 2 is 2.24 bits per heavy atom. The Morgan fingerprint density at radius 1 is 1.43 bits per heavy atom. The van der Waals surface area contributed by atoms with E-state index in [1.165, 1.54) is 17.1 Å². The van der Waals surface area contributed by atoms with Crippen LogP contribution in [-0.4, -0.2) is 28.5 Å². The SMILES string of the molecule is N/C(=N/O)c1ccc(C(=O)NCCc2ccc(Br)s2)nc1. The van der Waals surface area contributed by atoms with Crippen molar-refractivity contribution in [3.63, 3.8) is 0 Å². The Balaban J connectivity index is 1.88. The second kappa shape index (κ2) is 7.19. The number of amidine groups is 1. The minimum absolute atomic E-state index is 0.0438. The van der Waals surface area contributed by atoms with Crippen LogP contribution in [0.15, 0.2) is 39.4 Å². The number of nitrogens with zero attached hydrogens (tertiary/aromatic N) is 2. The maximum atomic E-state index is 11.9. The van der Waals surface area contributed by atoms with Crippen LogP contribution in [0.3, 0.4) is 0 Å². The van der Waals surface area contributed by atoms with Crippen LogP contribution in [0.2, 0.25) is 0 Å². The van der Waals surface area contributed by atoms with Gasteiger partial charge < -0.3 is 16.3 Å². The fourth-order valence-electron chi connectivity index (χ4n) is 1.61. The van der Waals surface area contributed by atoms with Gasteiger partial charge in [0.2, 0.25) is 0 Å². The number of nitrogens with two attached hydrogens (primary N) is 1. The average Bonchev–Trinajstić information content (AvgIpc) is 2.92. The molecule has 0 spiro atoms. The van der Waals surface area contributed by atoms with E-state index >= 15 is 0 Å². The van der Waals surface area contributed by atoms with E-state index in [-0.39, 0.29) is 17.4 Å². The Morgan fingerprint density at radius 3 is 2.81 bits per heavy atom. The van der Waals surface area contributed by atoms with Crippen molar-refractivity contribution in [3.8, 4) is 0 Å². The van der Waals surface area contributed by atoms with Crippen molar-refractivity contribution in [1.82, 2.24) is 10.3 Å². The lowest BCUT2D eigenvalue weighted by Crippen LogP contribution is -2.26. The highest BCUT2D eigenvalue weighted by Crippen LogP contribution is 2.22. The van der Waals surface area contributed by atoms with Crippen LogP contribution in [0, 0.1) is 0 Å². The molecule has 6 nitrogen and oxygen atoms in total. The van der Waals surface area contributed by atoms with Crippen LogP contribution in [0.5, 0.6) is 0 Å². The molecule has 2 heterocycles. The molecule has 0 radical (unpaired) electrons. The van der Waals surface area contributed by atoms with E-state index in [1.807, 2.05) is 12.1 Å². The summed E-state index contributed by atoms with van der Waals surface area (Å²) in [6, 6.07) is 7.11. The molecule has 2 aromatic rings. The van der Waals surface area contributed by atoms with Crippen LogP contribution in [0.4, 0.5) is 0 Å². The molecule has 0 aliphatic heterocycles. The minimum Gasteiger partial charge on any atom is -0.409 e. The Kier molecular flexibility index (Phi) is 5.29. The maximum Gasteiger partial charge on any atom is 0.269 e. The van der Waals surface area contributed by atoms with Crippen LogP contribution < -0.4 is 11.1 Å². The molecule has 0 bridgehead atoms. The summed E-state index contributed by atoms with van der Waals surface area (Å²) in [4.78, 5) is 17.1. The van der Waals surface area contributed by atoms with Gasteiger partial charge in [0.1, 0.15) is 5.69 Å². The number of hydrogen-bond acceptors (Lipinski definition) is 5. The standard InChI is InChI=1S/C13H13BrN4O2S/c14-11-4-2-9(21-11)5-6-16-13(19)10-3-1-8(7-17-10)12(15)18-20/h1-4,7,20H,5-6H2,(H2,15,18)(H,16,19). The Labute approximate surface area is 133 Å². The third-order valence-electron chi connectivity index (χ3n) is 2.69. The molecule has 21 heavy (non-hydrogen) atoms. The fourth-order valence-corrected chi connectivity index (χ4v) is 3.10. The molecule has 0 fully saturated rings. The number of halogens is 1. The number of rotatable bonds is 5. The maximum absolute atomic E-state index is 11.9. The molecule has 0 aliphatic rings. The van der Waals surface area contributed by atoms with Crippen LogP contribution in [0.25, 0.3) is 0 Å². The highest BCUT2D eigenvalue weighted by molar-refractivity contribution is 9.11. The zero-order valence-corrected chi connectivity index (χ0v) is 13.3. The average molecular weight is 369 g/mol. The van der Waals surface area contributed by atoms with Gasteiger partial charge in [-0.25, -0.2) is 0 Å². The van der Waals surface area contributed by atoms with Gasteiger partial charge in [0.25, 0.3) is 5.91 Å². The second-order valence-electron chi connectivity index (χ2n) is 4.13. The number of oxime groups is 1. The molecule has 4 N–H and O–H groups in total. The first-order chi connectivity index (χ1) is 10.1. The van der Waals surface area contributed by atoms with E-state index in [0.29, 0.717) is 12.1 Å². The van der Waals surface area contributed by atoms with Crippen molar-refractivity contribution in [2.24, 2.45) is 10.9 Å². The van der Waals surface area contributed by atoms with E-state index in [1.54, 1.807) is 17.4 Å². The quantitative estimate of drug-likeness (QED) is 0.325. The highest BCUT2D eigenvalue weighted by Gasteiger charge is 2.08. The van der Waals surface area contributed by atoms with Gasteiger partial charge >= 0.3 is 0 Å². The molecule has 0 saturated carbocycles. The van der Waals surface area contributed by atoms with Gasteiger partial charge in [0, 0.05) is 23.2 Å². The molecular weight excluding hydrogens is 356 g/mol. The summed E-state index contributed by atoms with van der Waals surface area (Å²) in [6.07, 6.45) is 2.16. The normalized spacial score (nSPS) is 11.4. The van der Waals surface area contributed by atoms with Crippen molar-refractivity contribution in [2.75, 3.05) is 6.54 Å². The number of thiophene rings is 1. The van der Waals surface area contributed by atoms with E-state index in [0.717, 1.165) is 10.2 Å². The van der Waals surface area contributed by atoms with Gasteiger partial charge in [0.15, 0.2) is 5.84 Å². The molecule has 2 aromatic heterocycles. The van der Waals surface area contributed by atoms with Crippen LogP contribution in [-0.2, 0) is 6.42 Å². The fraction of sp³-hybridized carbons (Fsp3) is 0.154. The summed E-state index contributed by atoms with van der Waals surface area (Å²) in [5, 5.41) is 14.2. The van der Waals surface area contributed by atoms with Gasteiger partial charge in [-0.05, 0) is 46.6 Å². The smallest absolute Gasteiger partial charge is 0.269 e. The predicted octanol–water partition coefficient (Wildman–Crippen LogP) is 1.97. The minimum atomic E-state index is -0.253. The molecule has 0 aliphatic carbocycles. The zero-order valence-electron chi connectivity index (χ0n) is 10.9. The first-order valence-corrected chi connectivity index (χ1v) is 7.67.